The molecule has 2 N–H and O–H groups in total. The summed E-state index contributed by atoms with van der Waals surface area (Å²) in [5.74, 6) is -0.725. The highest BCUT2D eigenvalue weighted by atomic mass is 16.2. The number of likely N-dealkylation sites (tertiary alicyclic amines) is 1. The summed E-state index contributed by atoms with van der Waals surface area (Å²) >= 11 is 0. The van der Waals surface area contributed by atoms with Gasteiger partial charge in [-0.15, -0.1) is 0 Å². The third kappa shape index (κ3) is 3.29. The van der Waals surface area contributed by atoms with E-state index >= 15 is 0 Å². The largest absolute Gasteiger partial charge is 0.342 e. The van der Waals surface area contributed by atoms with Crippen LogP contribution < -0.4 is 10.9 Å². The zero-order chi connectivity index (χ0) is 17.1. The van der Waals surface area contributed by atoms with E-state index in [9.17, 15) is 14.4 Å². The van der Waals surface area contributed by atoms with E-state index in [4.69, 9.17) is 0 Å². The van der Waals surface area contributed by atoms with Crippen molar-refractivity contribution in [2.75, 3.05) is 13.1 Å². The van der Waals surface area contributed by atoms with Gasteiger partial charge in [0, 0.05) is 18.5 Å². The summed E-state index contributed by atoms with van der Waals surface area (Å²) in [6, 6.07) is 7.03. The van der Waals surface area contributed by atoms with Crippen LogP contribution in [0.15, 0.2) is 29.1 Å². The van der Waals surface area contributed by atoms with E-state index in [1.165, 1.54) is 0 Å². The molecule has 24 heavy (non-hydrogen) atoms. The summed E-state index contributed by atoms with van der Waals surface area (Å²) in [7, 11) is 0. The van der Waals surface area contributed by atoms with Gasteiger partial charge in [-0.2, -0.15) is 5.10 Å². The highest BCUT2D eigenvalue weighted by molar-refractivity contribution is 6.35. The van der Waals surface area contributed by atoms with E-state index in [1.54, 1.807) is 29.2 Å². The summed E-state index contributed by atoms with van der Waals surface area (Å²) in [6.45, 7) is 3.40. The van der Waals surface area contributed by atoms with Gasteiger partial charge in [0.2, 0.25) is 0 Å². The zero-order valence-corrected chi connectivity index (χ0v) is 13.5. The van der Waals surface area contributed by atoms with E-state index < -0.39 is 11.8 Å². The molecule has 3 rings (SSSR count). The normalized spacial score (nSPS) is 17.7. The van der Waals surface area contributed by atoms with Gasteiger partial charge in [0.1, 0.15) is 0 Å². The molecule has 2 heterocycles. The Morgan fingerprint density at radius 3 is 2.83 bits per heavy atom. The first-order chi connectivity index (χ1) is 11.6. The topological polar surface area (TPSA) is 95.2 Å². The van der Waals surface area contributed by atoms with Crippen molar-refractivity contribution in [2.45, 2.75) is 26.3 Å². The molecule has 7 nitrogen and oxygen atoms in total. The van der Waals surface area contributed by atoms with Gasteiger partial charge in [0.15, 0.2) is 0 Å². The third-order valence-electron chi connectivity index (χ3n) is 4.33. The van der Waals surface area contributed by atoms with Crippen LogP contribution in [-0.2, 0) is 16.1 Å². The molecule has 1 aromatic carbocycles. The molecular formula is C17H20N4O3. The first-order valence-corrected chi connectivity index (χ1v) is 8.09. The molecule has 0 radical (unpaired) electrons. The monoisotopic (exact) mass is 328 g/mol. The van der Waals surface area contributed by atoms with Crippen molar-refractivity contribution in [3.63, 3.8) is 0 Å². The molecule has 1 atom stereocenters. The van der Waals surface area contributed by atoms with Gasteiger partial charge >= 0.3 is 11.8 Å². The molecule has 1 aliphatic rings. The van der Waals surface area contributed by atoms with Crippen LogP contribution in [0.5, 0.6) is 0 Å². The van der Waals surface area contributed by atoms with Crippen LogP contribution in [-0.4, -0.2) is 40.0 Å². The van der Waals surface area contributed by atoms with Crippen molar-refractivity contribution in [3.8, 4) is 0 Å². The third-order valence-corrected chi connectivity index (χ3v) is 4.33. The number of hydrogen-bond donors (Lipinski definition) is 2. The van der Waals surface area contributed by atoms with Crippen LogP contribution in [0.3, 0.4) is 0 Å². The van der Waals surface area contributed by atoms with Crippen molar-refractivity contribution in [1.29, 1.82) is 0 Å². The summed E-state index contributed by atoms with van der Waals surface area (Å²) in [6.07, 6.45) is 2.00. The molecule has 1 aromatic heterocycles. The number of aromatic amines is 1. The Kier molecular flexibility index (Phi) is 4.59. The Bertz CT molecular complexity index is 830. The van der Waals surface area contributed by atoms with Crippen LogP contribution in [0.1, 0.15) is 25.5 Å². The van der Waals surface area contributed by atoms with Gasteiger partial charge < -0.3 is 10.2 Å². The second-order valence-corrected chi connectivity index (χ2v) is 6.23. The Balaban J connectivity index is 1.69. The number of amides is 2. The number of carbonyl (C=O) groups excluding carboxylic acids is 2. The van der Waals surface area contributed by atoms with Crippen LogP contribution in [0.4, 0.5) is 0 Å². The molecule has 1 aliphatic heterocycles. The van der Waals surface area contributed by atoms with Gasteiger partial charge in [-0.1, -0.05) is 25.1 Å². The lowest BCUT2D eigenvalue weighted by Crippen LogP contribution is -2.46. The fraction of sp³-hybridized carbons (Fsp3) is 0.412. The second-order valence-electron chi connectivity index (χ2n) is 6.23. The average Bonchev–Trinajstić information content (AvgIpc) is 2.60. The van der Waals surface area contributed by atoms with Crippen molar-refractivity contribution >= 4 is 22.6 Å². The van der Waals surface area contributed by atoms with E-state index in [1.807, 2.05) is 0 Å². The number of nitrogens with zero attached hydrogens (tertiary/aromatic N) is 2. The second kappa shape index (κ2) is 6.82. The maximum atomic E-state index is 12.2. The molecule has 2 aromatic rings. The Morgan fingerprint density at radius 1 is 1.33 bits per heavy atom. The molecule has 0 spiro atoms. The summed E-state index contributed by atoms with van der Waals surface area (Å²) in [4.78, 5) is 37.7. The Labute approximate surface area is 139 Å². The summed E-state index contributed by atoms with van der Waals surface area (Å²) in [5.41, 5.74) is 0.248. The number of H-pyrrole nitrogens is 1. The molecule has 0 unspecified atom stereocenters. The van der Waals surface area contributed by atoms with Crippen LogP contribution in [0.2, 0.25) is 0 Å². The lowest BCUT2D eigenvalue weighted by Gasteiger charge is -2.30. The minimum atomic E-state index is -0.638. The minimum absolute atomic E-state index is 0.0886. The molecule has 0 aliphatic carbocycles. The van der Waals surface area contributed by atoms with Crippen molar-refractivity contribution in [3.05, 3.63) is 40.3 Å². The van der Waals surface area contributed by atoms with Crippen molar-refractivity contribution < 1.29 is 9.59 Å². The lowest BCUT2D eigenvalue weighted by atomic mass is 10.0. The number of rotatable bonds is 2. The number of piperidine rings is 1. The average molecular weight is 328 g/mol. The Morgan fingerprint density at radius 2 is 2.08 bits per heavy atom. The molecule has 1 fully saturated rings. The standard InChI is InChI=1S/C17H20N4O3/c1-11-5-4-8-21(10-11)17(24)16(23)18-9-14-12-6-2-3-7-13(12)15(22)20-19-14/h2-3,6-7,11H,4-5,8-10H2,1H3,(H,18,23)(H,20,22)/t11-/m0/s1. The van der Waals surface area contributed by atoms with Gasteiger partial charge in [-0.25, -0.2) is 5.10 Å². The molecule has 0 bridgehead atoms. The number of carbonyl (C=O) groups is 2. The predicted octanol–water partition coefficient (Wildman–Crippen LogP) is 0.798. The SMILES string of the molecule is C[C@H]1CCCN(C(=O)C(=O)NCc2n[nH]c(=O)c3ccccc23)C1. The first kappa shape index (κ1) is 16.2. The summed E-state index contributed by atoms with van der Waals surface area (Å²) < 4.78 is 0. The number of aromatic nitrogens is 2. The number of fused-ring (bicyclic) bond motifs is 1. The van der Waals surface area contributed by atoms with E-state index in [-0.39, 0.29) is 12.1 Å². The van der Waals surface area contributed by atoms with Gasteiger partial charge in [-0.05, 0) is 24.8 Å². The molecule has 126 valence electrons. The number of nitrogens with one attached hydrogen (secondary N) is 2. The minimum Gasteiger partial charge on any atom is -0.342 e. The van der Waals surface area contributed by atoms with Crippen LogP contribution in [0, 0.1) is 5.92 Å². The van der Waals surface area contributed by atoms with Gasteiger partial charge in [0.25, 0.3) is 5.56 Å². The molecule has 1 saturated heterocycles. The van der Waals surface area contributed by atoms with E-state index in [0.29, 0.717) is 35.5 Å². The zero-order valence-electron chi connectivity index (χ0n) is 13.5. The predicted molar refractivity (Wildman–Crippen MR) is 89.2 cm³/mol. The number of benzene rings is 1. The molecule has 0 saturated carbocycles. The fourth-order valence-electron chi connectivity index (χ4n) is 3.06. The quantitative estimate of drug-likeness (QED) is 0.797. The fourth-order valence-corrected chi connectivity index (χ4v) is 3.06. The molecule has 7 heteroatoms. The molecule has 2 amide bonds. The maximum absolute atomic E-state index is 12.2. The number of hydrogen-bond acceptors (Lipinski definition) is 4. The highest BCUT2D eigenvalue weighted by Crippen LogP contribution is 2.15. The van der Waals surface area contributed by atoms with Crippen molar-refractivity contribution in [1.82, 2.24) is 20.4 Å². The van der Waals surface area contributed by atoms with Gasteiger partial charge in [-0.3, -0.25) is 14.4 Å². The van der Waals surface area contributed by atoms with Crippen molar-refractivity contribution in [2.24, 2.45) is 5.92 Å². The Hall–Kier alpha value is -2.70. The van der Waals surface area contributed by atoms with Gasteiger partial charge in [0.05, 0.1) is 17.6 Å². The molecular weight excluding hydrogens is 308 g/mol. The van der Waals surface area contributed by atoms with E-state index in [2.05, 4.69) is 22.4 Å². The smallest absolute Gasteiger partial charge is 0.311 e. The van der Waals surface area contributed by atoms with E-state index in [0.717, 1.165) is 12.8 Å². The summed E-state index contributed by atoms with van der Waals surface area (Å²) in [5, 5.41) is 10.2. The van der Waals surface area contributed by atoms with Crippen LogP contribution >= 0.6 is 0 Å². The van der Waals surface area contributed by atoms with Crippen LogP contribution in [0.25, 0.3) is 10.8 Å². The maximum Gasteiger partial charge on any atom is 0.311 e. The lowest BCUT2D eigenvalue weighted by molar-refractivity contribution is -0.147. The first-order valence-electron chi connectivity index (χ1n) is 8.09. The highest BCUT2D eigenvalue weighted by Gasteiger charge is 2.26.